The van der Waals surface area contributed by atoms with Crippen LogP contribution in [0, 0.1) is 0 Å². The predicted molar refractivity (Wildman–Crippen MR) is 121 cm³/mol. The lowest BCUT2D eigenvalue weighted by Gasteiger charge is -2.11. The second-order valence-electron chi connectivity index (χ2n) is 6.02. The average Bonchev–Trinajstić information content (AvgIpc) is 2.73. The zero-order chi connectivity index (χ0) is 19.1. The van der Waals surface area contributed by atoms with E-state index in [1.54, 1.807) is 7.11 Å². The van der Waals surface area contributed by atoms with Gasteiger partial charge in [0.15, 0.2) is 0 Å². The molecule has 0 amide bonds. The first-order chi connectivity index (χ1) is 13.3. The molecule has 136 valence electrons. The molecule has 0 saturated heterocycles. The summed E-state index contributed by atoms with van der Waals surface area (Å²) in [5.74, 6) is 1.61. The highest BCUT2D eigenvalue weighted by atomic mass is 32.1. The van der Waals surface area contributed by atoms with Crippen molar-refractivity contribution in [1.29, 1.82) is 0 Å². The maximum Gasteiger partial charge on any atom is 0.126 e. The molecule has 0 saturated carbocycles. The Hall–Kier alpha value is -2.78. The highest BCUT2D eigenvalue weighted by molar-refractivity contribution is 7.80. The summed E-state index contributed by atoms with van der Waals surface area (Å²) >= 11 is 4.25. The standard InChI is InChI=1S/C24H23NOS/c1-3-18(21-9-6-7-11-23(21)25-16-17-27)12-13-19-14-15-24(26-2)22-10-5-4-8-20(19)22/h3-15,27H,1,16-17H2,2H3/b13-12+,21-18+,25-23+. The first-order valence-corrected chi connectivity index (χ1v) is 9.52. The molecule has 0 N–H and O–H groups in total. The number of rotatable bonds is 6. The molecule has 0 aliphatic heterocycles. The number of allylic oxidation sites excluding steroid dienone is 8. The fourth-order valence-corrected chi connectivity index (χ4v) is 3.19. The first kappa shape index (κ1) is 19.0. The summed E-state index contributed by atoms with van der Waals surface area (Å²) in [7, 11) is 1.70. The van der Waals surface area contributed by atoms with Crippen molar-refractivity contribution in [2.45, 2.75) is 0 Å². The molecule has 2 aromatic rings. The number of benzene rings is 2. The Morgan fingerprint density at radius 2 is 1.89 bits per heavy atom. The summed E-state index contributed by atoms with van der Waals surface area (Å²) in [5.41, 5.74) is 4.21. The van der Waals surface area contributed by atoms with Crippen molar-refractivity contribution in [3.05, 3.63) is 96.1 Å². The Morgan fingerprint density at radius 1 is 1.11 bits per heavy atom. The minimum Gasteiger partial charge on any atom is -0.496 e. The van der Waals surface area contributed by atoms with Crippen LogP contribution in [0.3, 0.4) is 0 Å². The molecule has 2 aromatic carbocycles. The van der Waals surface area contributed by atoms with Gasteiger partial charge in [0.1, 0.15) is 5.75 Å². The molecule has 0 aromatic heterocycles. The summed E-state index contributed by atoms with van der Waals surface area (Å²) < 4.78 is 5.49. The normalized spacial score (nSPS) is 17.0. The van der Waals surface area contributed by atoms with E-state index in [-0.39, 0.29) is 0 Å². The van der Waals surface area contributed by atoms with Gasteiger partial charge in [-0.2, -0.15) is 12.6 Å². The van der Waals surface area contributed by atoms with Gasteiger partial charge in [0.25, 0.3) is 0 Å². The third-order valence-corrected chi connectivity index (χ3v) is 4.60. The van der Waals surface area contributed by atoms with E-state index in [1.807, 2.05) is 42.5 Å². The van der Waals surface area contributed by atoms with Crippen molar-refractivity contribution in [3.63, 3.8) is 0 Å². The fourth-order valence-electron chi connectivity index (χ4n) is 3.09. The molecule has 0 radical (unpaired) electrons. The second kappa shape index (κ2) is 9.24. The molecule has 0 unspecified atom stereocenters. The quantitative estimate of drug-likeness (QED) is 0.631. The minimum atomic E-state index is 0.692. The number of hydrogen-bond donors (Lipinski definition) is 1. The second-order valence-corrected chi connectivity index (χ2v) is 6.47. The Labute approximate surface area is 166 Å². The van der Waals surface area contributed by atoms with Crippen molar-refractivity contribution in [3.8, 4) is 5.75 Å². The van der Waals surface area contributed by atoms with Crippen LogP contribution in [-0.2, 0) is 0 Å². The van der Waals surface area contributed by atoms with Crippen LogP contribution in [0.15, 0.2) is 95.6 Å². The molecule has 1 aliphatic rings. The zero-order valence-electron chi connectivity index (χ0n) is 15.4. The van der Waals surface area contributed by atoms with E-state index in [0.717, 1.165) is 44.7 Å². The lowest BCUT2D eigenvalue weighted by atomic mass is 9.97. The van der Waals surface area contributed by atoms with E-state index in [4.69, 9.17) is 4.74 Å². The Bertz CT molecular complexity index is 993. The smallest absolute Gasteiger partial charge is 0.126 e. The number of methoxy groups -OCH3 is 1. The molecule has 0 spiro atoms. The molecule has 0 heterocycles. The Morgan fingerprint density at radius 3 is 2.63 bits per heavy atom. The number of fused-ring (bicyclic) bond motifs is 1. The van der Waals surface area contributed by atoms with E-state index >= 15 is 0 Å². The van der Waals surface area contributed by atoms with Gasteiger partial charge in [0.05, 0.1) is 12.8 Å². The maximum absolute atomic E-state index is 5.49. The van der Waals surface area contributed by atoms with Gasteiger partial charge in [0, 0.05) is 23.3 Å². The van der Waals surface area contributed by atoms with Crippen LogP contribution in [0.1, 0.15) is 5.56 Å². The van der Waals surface area contributed by atoms with Gasteiger partial charge in [-0.15, -0.1) is 0 Å². The van der Waals surface area contributed by atoms with Crippen LogP contribution in [0.25, 0.3) is 16.8 Å². The molecular weight excluding hydrogens is 350 g/mol. The van der Waals surface area contributed by atoms with Gasteiger partial charge < -0.3 is 4.74 Å². The molecule has 3 heteroatoms. The Balaban J connectivity index is 2.04. The lowest BCUT2D eigenvalue weighted by molar-refractivity contribution is 0.420. The van der Waals surface area contributed by atoms with Gasteiger partial charge in [-0.05, 0) is 28.7 Å². The SMILES string of the molecule is C=CC(/C=C/c1ccc(OC)c2ccccc12)=C1/C=CC=C/C1=N\CCS. The Kier molecular flexibility index (Phi) is 6.50. The molecule has 0 atom stereocenters. The largest absolute Gasteiger partial charge is 0.496 e. The van der Waals surface area contributed by atoms with Crippen LogP contribution in [0.2, 0.25) is 0 Å². The number of hydrogen-bond acceptors (Lipinski definition) is 3. The molecule has 1 aliphatic carbocycles. The zero-order valence-corrected chi connectivity index (χ0v) is 16.3. The van der Waals surface area contributed by atoms with Crippen molar-refractivity contribution >= 4 is 35.2 Å². The van der Waals surface area contributed by atoms with Gasteiger partial charge in [-0.1, -0.05) is 73.4 Å². The molecule has 27 heavy (non-hydrogen) atoms. The lowest BCUT2D eigenvalue weighted by Crippen LogP contribution is -2.04. The number of aliphatic imine (C=N–C) groups is 1. The third-order valence-electron chi connectivity index (χ3n) is 4.40. The maximum atomic E-state index is 5.49. The monoisotopic (exact) mass is 373 g/mol. The van der Waals surface area contributed by atoms with Crippen LogP contribution < -0.4 is 4.74 Å². The van der Waals surface area contributed by atoms with E-state index in [1.165, 1.54) is 0 Å². The fraction of sp³-hybridized carbons (Fsp3) is 0.125. The van der Waals surface area contributed by atoms with Gasteiger partial charge in [0.2, 0.25) is 0 Å². The first-order valence-electron chi connectivity index (χ1n) is 8.89. The summed E-state index contributed by atoms with van der Waals surface area (Å²) in [5, 5.41) is 2.26. The van der Waals surface area contributed by atoms with Crippen LogP contribution in [0.5, 0.6) is 5.75 Å². The van der Waals surface area contributed by atoms with E-state index in [9.17, 15) is 0 Å². The van der Waals surface area contributed by atoms with E-state index in [0.29, 0.717) is 6.54 Å². The number of nitrogens with zero attached hydrogens (tertiary/aromatic N) is 1. The predicted octanol–water partition coefficient (Wildman–Crippen LogP) is 5.84. The molecule has 0 bridgehead atoms. The summed E-state index contributed by atoms with van der Waals surface area (Å²) in [6.07, 6.45) is 14.2. The average molecular weight is 374 g/mol. The minimum absolute atomic E-state index is 0.692. The van der Waals surface area contributed by atoms with Gasteiger partial charge in [-0.25, -0.2) is 0 Å². The highest BCUT2D eigenvalue weighted by Gasteiger charge is 2.08. The van der Waals surface area contributed by atoms with Gasteiger partial charge in [-0.3, -0.25) is 4.99 Å². The third kappa shape index (κ3) is 4.32. The van der Waals surface area contributed by atoms with E-state index in [2.05, 4.69) is 60.6 Å². The van der Waals surface area contributed by atoms with Gasteiger partial charge >= 0.3 is 0 Å². The molecule has 0 fully saturated rings. The number of ether oxygens (including phenoxy) is 1. The van der Waals surface area contributed by atoms with Crippen LogP contribution in [0.4, 0.5) is 0 Å². The van der Waals surface area contributed by atoms with Crippen LogP contribution >= 0.6 is 12.6 Å². The summed E-state index contributed by atoms with van der Waals surface area (Å²) in [6.45, 7) is 4.69. The summed E-state index contributed by atoms with van der Waals surface area (Å²) in [6, 6.07) is 12.3. The molecular formula is C24H23NOS. The summed E-state index contributed by atoms with van der Waals surface area (Å²) in [4.78, 5) is 4.63. The number of thiol groups is 1. The van der Waals surface area contributed by atoms with Crippen molar-refractivity contribution < 1.29 is 4.74 Å². The molecule has 2 nitrogen and oxygen atoms in total. The van der Waals surface area contributed by atoms with Crippen molar-refractivity contribution in [2.75, 3.05) is 19.4 Å². The van der Waals surface area contributed by atoms with E-state index < -0.39 is 0 Å². The molecule has 3 rings (SSSR count). The van der Waals surface area contributed by atoms with Crippen LogP contribution in [-0.4, -0.2) is 25.1 Å². The highest BCUT2D eigenvalue weighted by Crippen LogP contribution is 2.29. The van der Waals surface area contributed by atoms with Crippen molar-refractivity contribution in [2.24, 2.45) is 4.99 Å². The van der Waals surface area contributed by atoms with Crippen molar-refractivity contribution in [1.82, 2.24) is 0 Å². The topological polar surface area (TPSA) is 21.6 Å².